The van der Waals surface area contributed by atoms with Gasteiger partial charge in [0.2, 0.25) is 0 Å². The Morgan fingerprint density at radius 2 is 1.80 bits per heavy atom. The number of nitrogens with two attached hydrogens (primary N) is 1. The van der Waals surface area contributed by atoms with Gasteiger partial charge in [0.25, 0.3) is 0 Å². The van der Waals surface area contributed by atoms with Crippen molar-refractivity contribution in [2.24, 2.45) is 0 Å². The fourth-order valence-corrected chi connectivity index (χ4v) is 2.38. The molecule has 2 aromatic carbocycles. The molecule has 3 heteroatoms. The van der Waals surface area contributed by atoms with E-state index in [1.54, 1.807) is 6.20 Å². The number of para-hydroxylation sites is 2. The minimum atomic E-state index is 0.662. The van der Waals surface area contributed by atoms with Crippen LogP contribution in [0.15, 0.2) is 54.7 Å². The Bertz CT molecular complexity index is 750. The van der Waals surface area contributed by atoms with E-state index in [4.69, 9.17) is 5.73 Å². The third-order valence-electron chi connectivity index (χ3n) is 3.46. The molecule has 0 fully saturated rings. The molecular formula is C17H17N3. The summed E-state index contributed by atoms with van der Waals surface area (Å²) in [6.07, 6.45) is 2.69. The molecule has 100 valence electrons. The first-order chi connectivity index (χ1) is 9.79. The summed E-state index contributed by atoms with van der Waals surface area (Å²) in [6, 6.07) is 16.3. The van der Waals surface area contributed by atoms with Crippen LogP contribution in [-0.2, 0) is 6.42 Å². The number of aromatic nitrogens is 1. The maximum Gasteiger partial charge on any atom is 0.0746 e. The Morgan fingerprint density at radius 1 is 1.05 bits per heavy atom. The molecule has 0 aliphatic carbocycles. The molecule has 0 spiro atoms. The number of hydrogen-bond acceptors (Lipinski definition) is 3. The van der Waals surface area contributed by atoms with Crippen LogP contribution in [0.5, 0.6) is 0 Å². The molecule has 3 aromatic rings. The quantitative estimate of drug-likeness (QED) is 0.747. The average Bonchev–Trinajstić information content (AvgIpc) is 2.50. The van der Waals surface area contributed by atoms with Crippen LogP contribution >= 0.6 is 0 Å². The maximum atomic E-state index is 6.10. The SMILES string of the molecule is CCc1ccccc1Nc1c(N)cnc2ccccc12. The smallest absolute Gasteiger partial charge is 0.0746 e. The van der Waals surface area contributed by atoms with Gasteiger partial charge in [-0.3, -0.25) is 4.98 Å². The predicted octanol–water partition coefficient (Wildman–Crippen LogP) is 4.12. The van der Waals surface area contributed by atoms with Crippen molar-refractivity contribution in [1.82, 2.24) is 4.98 Å². The molecule has 3 N–H and O–H groups in total. The van der Waals surface area contributed by atoms with Gasteiger partial charge in [0.05, 0.1) is 23.1 Å². The summed E-state index contributed by atoms with van der Waals surface area (Å²) in [4.78, 5) is 4.36. The van der Waals surface area contributed by atoms with Crippen LogP contribution in [-0.4, -0.2) is 4.98 Å². The standard InChI is InChI=1S/C17H17N3/c1-2-12-7-3-5-9-15(12)20-17-13-8-4-6-10-16(13)19-11-14(17)18/h3-11H,2,18H2,1H3,(H,19,20). The third-order valence-corrected chi connectivity index (χ3v) is 3.46. The molecule has 3 nitrogen and oxygen atoms in total. The highest BCUT2D eigenvalue weighted by molar-refractivity contribution is 5.98. The van der Waals surface area contributed by atoms with Gasteiger partial charge in [0.1, 0.15) is 0 Å². The molecule has 1 aromatic heterocycles. The summed E-state index contributed by atoms with van der Waals surface area (Å²) < 4.78 is 0. The van der Waals surface area contributed by atoms with Gasteiger partial charge in [-0.1, -0.05) is 43.3 Å². The topological polar surface area (TPSA) is 50.9 Å². The molecule has 0 bridgehead atoms. The monoisotopic (exact) mass is 263 g/mol. The number of nitrogens with zero attached hydrogens (tertiary/aromatic N) is 1. The molecule has 1 heterocycles. The van der Waals surface area contributed by atoms with E-state index in [1.807, 2.05) is 30.3 Å². The lowest BCUT2D eigenvalue weighted by Crippen LogP contribution is -2.00. The number of nitrogens with one attached hydrogen (secondary N) is 1. The molecule has 0 amide bonds. The number of pyridine rings is 1. The van der Waals surface area contributed by atoms with Crippen LogP contribution in [0.25, 0.3) is 10.9 Å². The van der Waals surface area contributed by atoms with E-state index in [0.717, 1.165) is 28.7 Å². The van der Waals surface area contributed by atoms with Crippen molar-refractivity contribution in [3.63, 3.8) is 0 Å². The Balaban J connectivity index is 2.13. The largest absolute Gasteiger partial charge is 0.396 e. The van der Waals surface area contributed by atoms with Gasteiger partial charge in [0, 0.05) is 11.1 Å². The maximum absolute atomic E-state index is 6.10. The second-order valence-corrected chi connectivity index (χ2v) is 4.74. The Hall–Kier alpha value is -2.55. The fourth-order valence-electron chi connectivity index (χ4n) is 2.38. The molecule has 0 aliphatic rings. The Morgan fingerprint density at radius 3 is 2.65 bits per heavy atom. The van der Waals surface area contributed by atoms with Crippen molar-refractivity contribution >= 4 is 28.0 Å². The van der Waals surface area contributed by atoms with Crippen molar-refractivity contribution in [3.8, 4) is 0 Å². The highest BCUT2D eigenvalue weighted by Gasteiger charge is 2.08. The van der Waals surface area contributed by atoms with E-state index >= 15 is 0 Å². The molecule has 0 atom stereocenters. The summed E-state index contributed by atoms with van der Waals surface area (Å²) in [5.41, 5.74) is 11.0. The zero-order chi connectivity index (χ0) is 13.9. The Labute approximate surface area is 118 Å². The molecule has 0 saturated carbocycles. The number of nitrogen functional groups attached to an aromatic ring is 1. The summed E-state index contributed by atoms with van der Waals surface area (Å²) in [6.45, 7) is 2.15. The molecule has 0 unspecified atom stereocenters. The second kappa shape index (κ2) is 5.21. The van der Waals surface area contributed by atoms with Gasteiger partial charge in [-0.2, -0.15) is 0 Å². The lowest BCUT2D eigenvalue weighted by Gasteiger charge is -2.14. The van der Waals surface area contributed by atoms with Crippen molar-refractivity contribution in [2.75, 3.05) is 11.1 Å². The van der Waals surface area contributed by atoms with Gasteiger partial charge in [-0.25, -0.2) is 0 Å². The number of aryl methyl sites for hydroxylation is 1. The van der Waals surface area contributed by atoms with Crippen LogP contribution in [0.3, 0.4) is 0 Å². The van der Waals surface area contributed by atoms with Crippen molar-refractivity contribution in [3.05, 3.63) is 60.3 Å². The van der Waals surface area contributed by atoms with Gasteiger partial charge in [-0.15, -0.1) is 0 Å². The molecule has 20 heavy (non-hydrogen) atoms. The predicted molar refractivity (Wildman–Crippen MR) is 85.3 cm³/mol. The van der Waals surface area contributed by atoms with E-state index < -0.39 is 0 Å². The van der Waals surface area contributed by atoms with E-state index in [1.165, 1.54) is 5.56 Å². The summed E-state index contributed by atoms with van der Waals surface area (Å²) in [7, 11) is 0. The number of rotatable bonds is 3. The molecule has 3 rings (SSSR count). The highest BCUT2D eigenvalue weighted by atomic mass is 14.9. The highest BCUT2D eigenvalue weighted by Crippen LogP contribution is 2.31. The normalized spacial score (nSPS) is 10.7. The second-order valence-electron chi connectivity index (χ2n) is 4.74. The van der Waals surface area contributed by atoms with Crippen LogP contribution < -0.4 is 11.1 Å². The lowest BCUT2D eigenvalue weighted by atomic mass is 10.1. The lowest BCUT2D eigenvalue weighted by molar-refractivity contribution is 1.14. The van der Waals surface area contributed by atoms with Crippen molar-refractivity contribution < 1.29 is 0 Å². The summed E-state index contributed by atoms with van der Waals surface area (Å²) in [5.74, 6) is 0. The molecule has 0 saturated heterocycles. The average molecular weight is 263 g/mol. The summed E-state index contributed by atoms with van der Waals surface area (Å²) >= 11 is 0. The molecular weight excluding hydrogens is 246 g/mol. The fraction of sp³-hybridized carbons (Fsp3) is 0.118. The number of fused-ring (bicyclic) bond motifs is 1. The van der Waals surface area contributed by atoms with Gasteiger partial charge in [0.15, 0.2) is 0 Å². The Kier molecular flexibility index (Phi) is 3.25. The zero-order valence-electron chi connectivity index (χ0n) is 11.4. The number of anilines is 3. The van der Waals surface area contributed by atoms with Crippen LogP contribution in [0.2, 0.25) is 0 Å². The van der Waals surface area contributed by atoms with Gasteiger partial charge >= 0.3 is 0 Å². The van der Waals surface area contributed by atoms with Gasteiger partial charge in [-0.05, 0) is 24.1 Å². The third kappa shape index (κ3) is 2.18. The van der Waals surface area contributed by atoms with E-state index in [2.05, 4.69) is 35.4 Å². The minimum absolute atomic E-state index is 0.662. The zero-order valence-corrected chi connectivity index (χ0v) is 11.4. The first-order valence-corrected chi connectivity index (χ1v) is 6.77. The van der Waals surface area contributed by atoms with Gasteiger partial charge < -0.3 is 11.1 Å². The van der Waals surface area contributed by atoms with E-state index in [-0.39, 0.29) is 0 Å². The van der Waals surface area contributed by atoms with Crippen LogP contribution in [0.1, 0.15) is 12.5 Å². The van der Waals surface area contributed by atoms with Crippen molar-refractivity contribution in [1.29, 1.82) is 0 Å². The van der Waals surface area contributed by atoms with Crippen molar-refractivity contribution in [2.45, 2.75) is 13.3 Å². The first kappa shape index (κ1) is 12.5. The van der Waals surface area contributed by atoms with E-state index in [9.17, 15) is 0 Å². The molecule has 0 aliphatic heterocycles. The van der Waals surface area contributed by atoms with Crippen LogP contribution in [0.4, 0.5) is 17.1 Å². The number of hydrogen-bond donors (Lipinski definition) is 2. The van der Waals surface area contributed by atoms with Crippen LogP contribution in [0, 0.1) is 0 Å². The van der Waals surface area contributed by atoms with E-state index in [0.29, 0.717) is 5.69 Å². The number of benzene rings is 2. The first-order valence-electron chi connectivity index (χ1n) is 6.77. The molecule has 0 radical (unpaired) electrons. The summed E-state index contributed by atoms with van der Waals surface area (Å²) in [5, 5.41) is 4.51. The minimum Gasteiger partial charge on any atom is -0.396 e.